The standard InChI is InChI=1S/C17H21NO5/c1-20-12-9-17(23-10-12)5-6-18(11-17)16(19)13-3-2-4-14-15(13)22-8-7-21-14/h2-4,12H,5-11H2,1H3/t12-,17-/m1/s1. The maximum absolute atomic E-state index is 12.9. The van der Waals surface area contributed by atoms with Crippen molar-refractivity contribution in [2.45, 2.75) is 24.5 Å². The van der Waals surface area contributed by atoms with Crippen LogP contribution in [0.2, 0.25) is 0 Å². The number of rotatable bonds is 2. The third-order valence-corrected chi connectivity index (χ3v) is 4.91. The summed E-state index contributed by atoms with van der Waals surface area (Å²) >= 11 is 0. The number of para-hydroxylation sites is 1. The Morgan fingerprint density at radius 2 is 2.22 bits per heavy atom. The van der Waals surface area contributed by atoms with Gasteiger partial charge in [0.25, 0.3) is 5.91 Å². The molecule has 0 unspecified atom stereocenters. The number of likely N-dealkylation sites (tertiary alicyclic amines) is 1. The van der Waals surface area contributed by atoms with E-state index in [1.54, 1.807) is 13.2 Å². The minimum absolute atomic E-state index is 0.0197. The maximum atomic E-state index is 12.9. The van der Waals surface area contributed by atoms with Crippen molar-refractivity contribution in [2.75, 3.05) is 40.0 Å². The van der Waals surface area contributed by atoms with Gasteiger partial charge in [0.1, 0.15) is 13.2 Å². The first kappa shape index (κ1) is 14.8. The summed E-state index contributed by atoms with van der Waals surface area (Å²) in [7, 11) is 1.71. The van der Waals surface area contributed by atoms with Gasteiger partial charge in [0.2, 0.25) is 0 Å². The van der Waals surface area contributed by atoms with Crippen LogP contribution < -0.4 is 9.47 Å². The van der Waals surface area contributed by atoms with Gasteiger partial charge in [-0.1, -0.05) is 6.07 Å². The van der Waals surface area contributed by atoms with Crippen LogP contribution in [0.3, 0.4) is 0 Å². The Balaban J connectivity index is 1.53. The number of hydrogen-bond acceptors (Lipinski definition) is 5. The first-order valence-corrected chi connectivity index (χ1v) is 8.05. The van der Waals surface area contributed by atoms with E-state index in [1.165, 1.54) is 0 Å². The summed E-state index contributed by atoms with van der Waals surface area (Å²) in [5.74, 6) is 1.19. The molecule has 1 spiro atoms. The summed E-state index contributed by atoms with van der Waals surface area (Å²) in [4.78, 5) is 14.8. The van der Waals surface area contributed by atoms with Crippen LogP contribution in [0.1, 0.15) is 23.2 Å². The van der Waals surface area contributed by atoms with Crippen molar-refractivity contribution in [3.05, 3.63) is 23.8 Å². The van der Waals surface area contributed by atoms with Crippen molar-refractivity contribution in [2.24, 2.45) is 0 Å². The lowest BCUT2D eigenvalue weighted by Crippen LogP contribution is -2.36. The molecule has 4 rings (SSSR count). The Morgan fingerprint density at radius 3 is 3.04 bits per heavy atom. The fourth-order valence-corrected chi connectivity index (χ4v) is 3.67. The first-order valence-electron chi connectivity index (χ1n) is 8.05. The number of nitrogens with zero attached hydrogens (tertiary/aromatic N) is 1. The third kappa shape index (κ3) is 2.56. The number of ether oxygens (including phenoxy) is 4. The highest BCUT2D eigenvalue weighted by Gasteiger charge is 2.47. The highest BCUT2D eigenvalue weighted by atomic mass is 16.6. The molecule has 0 saturated carbocycles. The molecule has 2 atom stereocenters. The highest BCUT2D eigenvalue weighted by molar-refractivity contribution is 5.98. The lowest BCUT2D eigenvalue weighted by Gasteiger charge is -2.25. The normalized spacial score (nSPS) is 29.3. The zero-order chi connectivity index (χ0) is 15.9. The van der Waals surface area contributed by atoms with E-state index in [2.05, 4.69) is 0 Å². The Kier molecular flexibility index (Phi) is 3.66. The molecule has 3 aliphatic heterocycles. The van der Waals surface area contributed by atoms with Gasteiger partial charge in [-0.15, -0.1) is 0 Å². The molecular formula is C17H21NO5. The van der Waals surface area contributed by atoms with E-state index < -0.39 is 0 Å². The molecule has 3 aliphatic rings. The number of hydrogen-bond donors (Lipinski definition) is 0. The average molecular weight is 319 g/mol. The van der Waals surface area contributed by atoms with Gasteiger partial charge in [-0.25, -0.2) is 0 Å². The SMILES string of the molecule is CO[C@H]1CO[C@]2(CCN(C(=O)c3cccc4c3OCCO4)C2)C1. The van der Waals surface area contributed by atoms with E-state index in [-0.39, 0.29) is 17.6 Å². The molecule has 1 amide bonds. The van der Waals surface area contributed by atoms with Crippen molar-refractivity contribution < 1.29 is 23.7 Å². The number of carbonyl (C=O) groups is 1. The maximum Gasteiger partial charge on any atom is 0.257 e. The predicted molar refractivity (Wildman–Crippen MR) is 82.0 cm³/mol. The summed E-state index contributed by atoms with van der Waals surface area (Å²) < 4.78 is 22.6. The molecule has 0 aliphatic carbocycles. The smallest absolute Gasteiger partial charge is 0.257 e. The van der Waals surface area contributed by atoms with Crippen molar-refractivity contribution in [3.8, 4) is 11.5 Å². The van der Waals surface area contributed by atoms with Crippen molar-refractivity contribution in [3.63, 3.8) is 0 Å². The van der Waals surface area contributed by atoms with Crippen LogP contribution in [0, 0.1) is 0 Å². The fourth-order valence-electron chi connectivity index (χ4n) is 3.67. The lowest BCUT2D eigenvalue weighted by molar-refractivity contribution is 0.00697. The van der Waals surface area contributed by atoms with Crippen molar-refractivity contribution >= 4 is 5.91 Å². The average Bonchev–Trinajstić information content (AvgIpc) is 3.21. The second kappa shape index (κ2) is 5.69. The van der Waals surface area contributed by atoms with Crippen LogP contribution in [0.25, 0.3) is 0 Å². The minimum atomic E-state index is -0.247. The summed E-state index contributed by atoms with van der Waals surface area (Å²) in [6.45, 7) is 2.90. The molecule has 0 N–H and O–H groups in total. The highest BCUT2D eigenvalue weighted by Crippen LogP contribution is 2.39. The number of methoxy groups -OCH3 is 1. The minimum Gasteiger partial charge on any atom is -0.486 e. The van der Waals surface area contributed by atoms with Crippen LogP contribution in [-0.4, -0.2) is 62.5 Å². The molecule has 2 saturated heterocycles. The van der Waals surface area contributed by atoms with E-state index in [0.717, 1.165) is 12.8 Å². The number of carbonyl (C=O) groups excluding carboxylic acids is 1. The van der Waals surface area contributed by atoms with Crippen LogP contribution in [0.5, 0.6) is 11.5 Å². The number of amides is 1. The first-order chi connectivity index (χ1) is 11.2. The Hall–Kier alpha value is -1.79. The molecule has 1 aromatic carbocycles. The number of fused-ring (bicyclic) bond motifs is 1. The van der Waals surface area contributed by atoms with Crippen LogP contribution in [0.15, 0.2) is 18.2 Å². The summed E-state index contributed by atoms with van der Waals surface area (Å²) in [6.07, 6.45) is 1.83. The molecule has 23 heavy (non-hydrogen) atoms. The predicted octanol–water partition coefficient (Wildman–Crippen LogP) is 1.48. The summed E-state index contributed by atoms with van der Waals surface area (Å²) in [5, 5.41) is 0. The molecule has 6 nitrogen and oxygen atoms in total. The van der Waals surface area contributed by atoms with Crippen molar-refractivity contribution in [1.29, 1.82) is 0 Å². The van der Waals surface area contributed by atoms with Crippen LogP contribution in [0.4, 0.5) is 0 Å². The van der Waals surface area contributed by atoms with Gasteiger partial charge in [0.15, 0.2) is 11.5 Å². The van der Waals surface area contributed by atoms with Gasteiger partial charge in [0.05, 0.1) is 30.4 Å². The van der Waals surface area contributed by atoms with Crippen LogP contribution >= 0.6 is 0 Å². The molecule has 3 heterocycles. The molecule has 124 valence electrons. The Bertz CT molecular complexity index is 619. The molecular weight excluding hydrogens is 298 g/mol. The zero-order valence-electron chi connectivity index (χ0n) is 13.2. The van der Waals surface area contributed by atoms with E-state index in [9.17, 15) is 4.79 Å². The zero-order valence-corrected chi connectivity index (χ0v) is 13.2. The van der Waals surface area contributed by atoms with Gasteiger partial charge in [-0.05, 0) is 18.6 Å². The van der Waals surface area contributed by atoms with E-state index in [4.69, 9.17) is 18.9 Å². The van der Waals surface area contributed by atoms with Gasteiger partial charge in [-0.3, -0.25) is 4.79 Å². The molecule has 0 bridgehead atoms. The largest absolute Gasteiger partial charge is 0.486 e. The van der Waals surface area contributed by atoms with Crippen LogP contribution in [-0.2, 0) is 9.47 Å². The molecule has 6 heteroatoms. The van der Waals surface area contributed by atoms with E-state index in [1.807, 2.05) is 17.0 Å². The molecule has 2 fully saturated rings. The second-order valence-electron chi connectivity index (χ2n) is 6.36. The lowest BCUT2D eigenvalue weighted by atomic mass is 9.98. The number of benzene rings is 1. The second-order valence-corrected chi connectivity index (χ2v) is 6.36. The van der Waals surface area contributed by atoms with Gasteiger partial charge in [-0.2, -0.15) is 0 Å². The topological polar surface area (TPSA) is 57.2 Å². The Labute approximate surface area is 135 Å². The summed E-state index contributed by atoms with van der Waals surface area (Å²) in [5.41, 5.74) is 0.322. The quantitative estimate of drug-likeness (QED) is 0.826. The monoisotopic (exact) mass is 319 g/mol. The fraction of sp³-hybridized carbons (Fsp3) is 0.588. The van der Waals surface area contributed by atoms with E-state index >= 15 is 0 Å². The van der Waals surface area contributed by atoms with E-state index in [0.29, 0.717) is 50.0 Å². The molecule has 0 aromatic heterocycles. The Morgan fingerprint density at radius 1 is 1.35 bits per heavy atom. The summed E-state index contributed by atoms with van der Waals surface area (Å²) in [6, 6.07) is 5.47. The molecule has 1 aromatic rings. The van der Waals surface area contributed by atoms with Gasteiger partial charge in [0, 0.05) is 20.1 Å². The van der Waals surface area contributed by atoms with Gasteiger partial charge >= 0.3 is 0 Å². The molecule has 0 radical (unpaired) electrons. The van der Waals surface area contributed by atoms with Gasteiger partial charge < -0.3 is 23.8 Å². The van der Waals surface area contributed by atoms with Crippen molar-refractivity contribution in [1.82, 2.24) is 4.90 Å². The third-order valence-electron chi connectivity index (χ3n) is 4.91.